The molecule has 14 heavy (non-hydrogen) atoms. The minimum Gasteiger partial charge on any atom is -0.237 e. The van der Waals surface area contributed by atoms with Gasteiger partial charge in [0.1, 0.15) is 0 Å². The summed E-state index contributed by atoms with van der Waals surface area (Å²) in [6, 6.07) is 0. The van der Waals surface area contributed by atoms with E-state index in [-0.39, 0.29) is 6.61 Å². The lowest BCUT2D eigenvalue weighted by atomic mass is 9.92. The Morgan fingerprint density at radius 3 is 2.07 bits per heavy atom. The zero-order valence-electron chi connectivity index (χ0n) is 10.1. The van der Waals surface area contributed by atoms with Gasteiger partial charge in [-0.3, -0.25) is 0 Å². The van der Waals surface area contributed by atoms with Gasteiger partial charge in [-0.15, -0.1) is 0 Å². The molecule has 0 aliphatic heterocycles. The Balaban J connectivity index is 3.40. The van der Waals surface area contributed by atoms with Crippen molar-refractivity contribution in [3.63, 3.8) is 0 Å². The number of hydrogen-bond acceptors (Lipinski definition) is 0. The van der Waals surface area contributed by atoms with Crippen LogP contribution in [0.1, 0.15) is 71.6 Å². The highest BCUT2D eigenvalue weighted by molar-refractivity contribution is 4.59. The molecule has 0 aliphatic rings. The molecule has 1 atom stereocenters. The SMILES string of the molecule is CCCCCCC(CCC)CCC[O]. The third-order valence-corrected chi connectivity index (χ3v) is 2.92. The molecule has 0 N–H and O–H groups in total. The number of rotatable bonds is 10. The van der Waals surface area contributed by atoms with Crippen molar-refractivity contribution in [2.45, 2.75) is 71.6 Å². The van der Waals surface area contributed by atoms with Crippen LogP contribution in [-0.4, -0.2) is 6.61 Å². The monoisotopic (exact) mass is 199 g/mol. The summed E-state index contributed by atoms with van der Waals surface area (Å²) < 4.78 is 0. The first kappa shape index (κ1) is 14.0. The first-order chi connectivity index (χ1) is 6.85. The molecule has 0 fully saturated rings. The lowest BCUT2D eigenvalue weighted by Gasteiger charge is -2.14. The Hall–Kier alpha value is -0.0400. The fourth-order valence-corrected chi connectivity index (χ4v) is 2.07. The Morgan fingerprint density at radius 2 is 1.50 bits per heavy atom. The average Bonchev–Trinajstić information content (AvgIpc) is 2.20. The zero-order chi connectivity index (χ0) is 10.6. The molecular formula is C13H27O. The van der Waals surface area contributed by atoms with Gasteiger partial charge in [0.2, 0.25) is 0 Å². The van der Waals surface area contributed by atoms with Crippen molar-refractivity contribution >= 4 is 0 Å². The van der Waals surface area contributed by atoms with Crippen molar-refractivity contribution in [2.24, 2.45) is 5.92 Å². The van der Waals surface area contributed by atoms with E-state index in [1.807, 2.05) is 0 Å². The number of unbranched alkanes of at least 4 members (excludes halogenated alkanes) is 3. The van der Waals surface area contributed by atoms with Crippen molar-refractivity contribution in [3.05, 3.63) is 0 Å². The van der Waals surface area contributed by atoms with Gasteiger partial charge in [0.05, 0.1) is 6.61 Å². The normalized spacial score (nSPS) is 13.1. The Labute approximate surface area is 89.9 Å². The summed E-state index contributed by atoms with van der Waals surface area (Å²) in [5, 5.41) is 10.4. The summed E-state index contributed by atoms with van der Waals surface area (Å²) in [5.74, 6) is 0.839. The molecule has 1 unspecified atom stereocenters. The first-order valence-corrected chi connectivity index (χ1v) is 6.43. The van der Waals surface area contributed by atoms with E-state index in [1.165, 1.54) is 51.4 Å². The summed E-state index contributed by atoms with van der Waals surface area (Å²) in [6.45, 7) is 4.62. The Kier molecular flexibility index (Phi) is 11.0. The fourth-order valence-electron chi connectivity index (χ4n) is 2.07. The Bertz CT molecular complexity index is 101. The van der Waals surface area contributed by atoms with E-state index >= 15 is 0 Å². The highest BCUT2D eigenvalue weighted by Crippen LogP contribution is 2.20. The molecule has 1 radical (unpaired) electrons. The molecule has 0 spiro atoms. The van der Waals surface area contributed by atoms with Crippen LogP contribution in [0.4, 0.5) is 0 Å². The first-order valence-electron chi connectivity index (χ1n) is 6.43. The van der Waals surface area contributed by atoms with Gasteiger partial charge >= 0.3 is 0 Å². The highest BCUT2D eigenvalue weighted by atomic mass is 16.2. The van der Waals surface area contributed by atoms with E-state index in [0.717, 1.165) is 12.3 Å². The summed E-state index contributed by atoms with van der Waals surface area (Å²) >= 11 is 0. The van der Waals surface area contributed by atoms with Crippen molar-refractivity contribution in [1.29, 1.82) is 0 Å². The molecule has 0 aromatic carbocycles. The second kappa shape index (κ2) is 11.0. The molecule has 0 heterocycles. The van der Waals surface area contributed by atoms with Gasteiger partial charge in [-0.25, -0.2) is 5.11 Å². The van der Waals surface area contributed by atoms with Crippen LogP contribution in [0.2, 0.25) is 0 Å². The molecule has 0 aromatic heterocycles. The van der Waals surface area contributed by atoms with Gasteiger partial charge in [0.15, 0.2) is 0 Å². The van der Waals surface area contributed by atoms with Crippen LogP contribution in [0, 0.1) is 5.92 Å². The van der Waals surface area contributed by atoms with E-state index in [9.17, 15) is 5.11 Å². The minimum absolute atomic E-state index is 0.120. The highest BCUT2D eigenvalue weighted by Gasteiger charge is 2.06. The topological polar surface area (TPSA) is 19.9 Å². The molecule has 1 heteroatoms. The van der Waals surface area contributed by atoms with Crippen LogP contribution in [0.25, 0.3) is 0 Å². The third-order valence-electron chi connectivity index (χ3n) is 2.92. The van der Waals surface area contributed by atoms with Crippen LogP contribution in [0.15, 0.2) is 0 Å². The van der Waals surface area contributed by atoms with Gasteiger partial charge in [-0.2, -0.15) is 0 Å². The molecule has 85 valence electrons. The van der Waals surface area contributed by atoms with Crippen LogP contribution >= 0.6 is 0 Å². The quantitative estimate of drug-likeness (QED) is 0.459. The van der Waals surface area contributed by atoms with E-state index in [2.05, 4.69) is 13.8 Å². The van der Waals surface area contributed by atoms with Crippen molar-refractivity contribution < 1.29 is 5.11 Å². The van der Waals surface area contributed by atoms with Gasteiger partial charge in [-0.05, 0) is 18.8 Å². The van der Waals surface area contributed by atoms with E-state index in [4.69, 9.17) is 0 Å². The molecule has 0 amide bonds. The van der Waals surface area contributed by atoms with Crippen molar-refractivity contribution in [1.82, 2.24) is 0 Å². The molecule has 1 nitrogen and oxygen atoms in total. The molecule has 0 saturated carbocycles. The molecule has 0 aliphatic carbocycles. The summed E-state index contributed by atoms with van der Waals surface area (Å²) in [7, 11) is 0. The second-order valence-corrected chi connectivity index (χ2v) is 4.35. The van der Waals surface area contributed by atoms with Gasteiger partial charge in [0, 0.05) is 0 Å². The molecule has 0 saturated heterocycles. The predicted octanol–water partition coefficient (Wildman–Crippen LogP) is 4.58. The Morgan fingerprint density at radius 1 is 0.786 bits per heavy atom. The molecule has 0 rings (SSSR count). The van der Waals surface area contributed by atoms with Gasteiger partial charge in [0.25, 0.3) is 0 Å². The van der Waals surface area contributed by atoms with Crippen LogP contribution in [-0.2, 0) is 5.11 Å². The summed E-state index contributed by atoms with van der Waals surface area (Å²) in [5.41, 5.74) is 0. The van der Waals surface area contributed by atoms with E-state index in [1.54, 1.807) is 0 Å². The lowest BCUT2D eigenvalue weighted by molar-refractivity contribution is 0.178. The zero-order valence-corrected chi connectivity index (χ0v) is 10.1. The van der Waals surface area contributed by atoms with E-state index in [0.29, 0.717) is 0 Å². The van der Waals surface area contributed by atoms with Crippen molar-refractivity contribution in [2.75, 3.05) is 6.61 Å². The summed E-state index contributed by atoms with van der Waals surface area (Å²) in [4.78, 5) is 0. The van der Waals surface area contributed by atoms with Crippen LogP contribution < -0.4 is 0 Å². The van der Waals surface area contributed by atoms with Crippen LogP contribution in [0.5, 0.6) is 0 Å². The summed E-state index contributed by atoms with van der Waals surface area (Å²) in [6.07, 6.45) is 11.5. The molecule has 0 bridgehead atoms. The largest absolute Gasteiger partial charge is 0.237 e. The third kappa shape index (κ3) is 8.55. The lowest BCUT2D eigenvalue weighted by Crippen LogP contribution is -2.01. The van der Waals surface area contributed by atoms with E-state index < -0.39 is 0 Å². The fraction of sp³-hybridized carbons (Fsp3) is 1.00. The maximum atomic E-state index is 10.4. The standard InChI is InChI=1S/C13H27O/c1-3-5-6-7-10-13(9-4-2)11-8-12-14/h13H,3-12H2,1-2H3. The number of hydrogen-bond donors (Lipinski definition) is 0. The molecule has 0 aromatic rings. The molecular weight excluding hydrogens is 172 g/mol. The van der Waals surface area contributed by atoms with Gasteiger partial charge < -0.3 is 0 Å². The maximum absolute atomic E-state index is 10.4. The maximum Gasteiger partial charge on any atom is 0.0822 e. The second-order valence-electron chi connectivity index (χ2n) is 4.35. The smallest absolute Gasteiger partial charge is 0.0822 e. The predicted molar refractivity (Wildman–Crippen MR) is 61.9 cm³/mol. The van der Waals surface area contributed by atoms with Gasteiger partial charge in [-0.1, -0.05) is 58.8 Å². The average molecular weight is 199 g/mol. The van der Waals surface area contributed by atoms with Crippen LogP contribution in [0.3, 0.4) is 0 Å². The van der Waals surface area contributed by atoms with Crippen molar-refractivity contribution in [3.8, 4) is 0 Å². The minimum atomic E-state index is 0.120.